The molecule has 0 aliphatic carbocycles. The van der Waals surface area contributed by atoms with Gasteiger partial charge in [0.15, 0.2) is 17.3 Å². The van der Waals surface area contributed by atoms with Crippen LogP contribution in [0.25, 0.3) is 11.1 Å². The first kappa shape index (κ1) is 15.2. The normalized spacial score (nSPS) is 12.2. The molecule has 2 aromatic rings. The predicted molar refractivity (Wildman–Crippen MR) is 84.7 cm³/mol. The summed E-state index contributed by atoms with van der Waals surface area (Å²) in [5, 5.41) is 7.22. The Hall–Kier alpha value is -2.17. The van der Waals surface area contributed by atoms with Gasteiger partial charge in [-0.2, -0.15) is 5.10 Å². The number of nitrogens with one attached hydrogen (secondary N) is 1. The van der Waals surface area contributed by atoms with Crippen LogP contribution in [0.15, 0.2) is 18.2 Å². The average molecular weight is 289 g/mol. The maximum atomic E-state index is 6.04. The third-order valence-corrected chi connectivity index (χ3v) is 3.79. The molecular formula is C16H23N3O2. The molecule has 1 aromatic carbocycles. The molecule has 1 atom stereocenters. The molecule has 1 unspecified atom stereocenters. The number of H-pyrrole nitrogens is 1. The van der Waals surface area contributed by atoms with Crippen LogP contribution in [-0.2, 0) is 6.42 Å². The SMILES string of the molecule is CCC(C)Cc1[nH]nc(N)c1-c1ccc(OC)c(OC)c1. The van der Waals surface area contributed by atoms with Gasteiger partial charge in [0.25, 0.3) is 0 Å². The number of nitrogens with two attached hydrogens (primary N) is 1. The molecule has 0 saturated carbocycles. The van der Waals surface area contributed by atoms with E-state index < -0.39 is 0 Å². The predicted octanol–water partition coefficient (Wildman–Crippen LogP) is 3.26. The highest BCUT2D eigenvalue weighted by molar-refractivity contribution is 5.78. The Labute approximate surface area is 125 Å². The number of methoxy groups -OCH3 is 2. The zero-order valence-corrected chi connectivity index (χ0v) is 13.1. The van der Waals surface area contributed by atoms with E-state index >= 15 is 0 Å². The summed E-state index contributed by atoms with van der Waals surface area (Å²) in [6.07, 6.45) is 2.04. The Morgan fingerprint density at radius 2 is 1.95 bits per heavy atom. The Kier molecular flexibility index (Phi) is 4.73. The van der Waals surface area contributed by atoms with Gasteiger partial charge in [0.05, 0.1) is 14.2 Å². The summed E-state index contributed by atoms with van der Waals surface area (Å²) in [4.78, 5) is 0. The highest BCUT2D eigenvalue weighted by atomic mass is 16.5. The first-order valence-electron chi connectivity index (χ1n) is 7.15. The highest BCUT2D eigenvalue weighted by Gasteiger charge is 2.16. The van der Waals surface area contributed by atoms with Crippen LogP contribution in [0, 0.1) is 5.92 Å². The lowest BCUT2D eigenvalue weighted by Crippen LogP contribution is -2.00. The summed E-state index contributed by atoms with van der Waals surface area (Å²) in [6.45, 7) is 4.40. The van der Waals surface area contributed by atoms with Gasteiger partial charge < -0.3 is 15.2 Å². The van der Waals surface area contributed by atoms with E-state index in [-0.39, 0.29) is 0 Å². The van der Waals surface area contributed by atoms with E-state index in [1.54, 1.807) is 14.2 Å². The lowest BCUT2D eigenvalue weighted by molar-refractivity contribution is 0.355. The van der Waals surface area contributed by atoms with Gasteiger partial charge in [-0.25, -0.2) is 0 Å². The number of hydrogen-bond donors (Lipinski definition) is 2. The van der Waals surface area contributed by atoms with Crippen molar-refractivity contribution in [2.75, 3.05) is 20.0 Å². The fourth-order valence-corrected chi connectivity index (χ4v) is 2.35. The van der Waals surface area contributed by atoms with Gasteiger partial charge in [-0.05, 0) is 30.0 Å². The Bertz CT molecular complexity index is 608. The maximum Gasteiger partial charge on any atom is 0.161 e. The molecule has 0 radical (unpaired) electrons. The molecule has 1 heterocycles. The molecule has 0 amide bonds. The van der Waals surface area contributed by atoms with Crippen molar-refractivity contribution in [2.45, 2.75) is 26.7 Å². The Morgan fingerprint density at radius 3 is 2.57 bits per heavy atom. The van der Waals surface area contributed by atoms with Gasteiger partial charge in [-0.15, -0.1) is 0 Å². The van der Waals surface area contributed by atoms with Crippen molar-refractivity contribution < 1.29 is 9.47 Å². The maximum absolute atomic E-state index is 6.04. The molecule has 5 nitrogen and oxygen atoms in total. The number of rotatable bonds is 6. The second kappa shape index (κ2) is 6.52. The van der Waals surface area contributed by atoms with E-state index in [1.165, 1.54) is 0 Å². The van der Waals surface area contributed by atoms with Crippen LogP contribution in [0.3, 0.4) is 0 Å². The standard InChI is InChI=1S/C16H23N3O2/c1-5-10(2)8-12-15(16(17)19-18-12)11-6-7-13(20-3)14(9-11)21-4/h6-7,9-10H,5,8H2,1-4H3,(H3,17,18,19). The first-order chi connectivity index (χ1) is 10.1. The summed E-state index contributed by atoms with van der Waals surface area (Å²) in [5.74, 6) is 2.47. The van der Waals surface area contributed by atoms with Crippen molar-refractivity contribution in [2.24, 2.45) is 5.92 Å². The zero-order chi connectivity index (χ0) is 15.4. The quantitative estimate of drug-likeness (QED) is 0.856. The number of benzene rings is 1. The smallest absolute Gasteiger partial charge is 0.161 e. The topological polar surface area (TPSA) is 73.2 Å². The van der Waals surface area contributed by atoms with Gasteiger partial charge in [-0.1, -0.05) is 26.3 Å². The van der Waals surface area contributed by atoms with Crippen LogP contribution in [0.4, 0.5) is 5.82 Å². The molecule has 0 bridgehead atoms. The fraction of sp³-hybridized carbons (Fsp3) is 0.438. The number of anilines is 1. The molecule has 3 N–H and O–H groups in total. The van der Waals surface area contributed by atoms with E-state index in [4.69, 9.17) is 15.2 Å². The van der Waals surface area contributed by atoms with Crippen molar-refractivity contribution in [3.63, 3.8) is 0 Å². The second-order valence-electron chi connectivity index (χ2n) is 5.25. The molecule has 0 spiro atoms. The monoisotopic (exact) mass is 289 g/mol. The number of hydrogen-bond acceptors (Lipinski definition) is 4. The summed E-state index contributed by atoms with van der Waals surface area (Å²) in [5.41, 5.74) is 9.04. The Morgan fingerprint density at radius 1 is 1.24 bits per heavy atom. The molecule has 0 aliphatic heterocycles. The summed E-state index contributed by atoms with van der Waals surface area (Å²) in [6, 6.07) is 5.79. The van der Waals surface area contributed by atoms with E-state index in [2.05, 4.69) is 24.0 Å². The van der Waals surface area contributed by atoms with Crippen molar-refractivity contribution in [3.8, 4) is 22.6 Å². The van der Waals surface area contributed by atoms with Crippen molar-refractivity contribution in [1.29, 1.82) is 0 Å². The van der Waals surface area contributed by atoms with Gasteiger partial charge in [-0.3, -0.25) is 5.10 Å². The van der Waals surface area contributed by atoms with Gasteiger partial charge in [0.1, 0.15) is 0 Å². The molecule has 0 fully saturated rings. The van der Waals surface area contributed by atoms with Crippen LogP contribution < -0.4 is 15.2 Å². The molecule has 5 heteroatoms. The third-order valence-electron chi connectivity index (χ3n) is 3.79. The highest BCUT2D eigenvalue weighted by Crippen LogP contribution is 2.36. The summed E-state index contributed by atoms with van der Waals surface area (Å²) in [7, 11) is 3.25. The van der Waals surface area contributed by atoms with E-state index in [9.17, 15) is 0 Å². The number of ether oxygens (including phenoxy) is 2. The van der Waals surface area contributed by atoms with Crippen LogP contribution in [-0.4, -0.2) is 24.4 Å². The number of nitrogens with zero attached hydrogens (tertiary/aromatic N) is 1. The van der Waals surface area contributed by atoms with Gasteiger partial charge >= 0.3 is 0 Å². The molecule has 21 heavy (non-hydrogen) atoms. The molecular weight excluding hydrogens is 266 g/mol. The van der Waals surface area contributed by atoms with E-state index in [1.807, 2.05) is 18.2 Å². The molecule has 114 valence electrons. The molecule has 1 aromatic heterocycles. The van der Waals surface area contributed by atoms with Crippen molar-refractivity contribution >= 4 is 5.82 Å². The summed E-state index contributed by atoms with van der Waals surface area (Å²) >= 11 is 0. The van der Waals surface area contributed by atoms with Crippen molar-refractivity contribution in [3.05, 3.63) is 23.9 Å². The minimum atomic E-state index is 0.514. The van der Waals surface area contributed by atoms with Crippen LogP contribution in [0.1, 0.15) is 26.0 Å². The Balaban J connectivity index is 2.44. The average Bonchev–Trinajstić information content (AvgIpc) is 2.87. The van der Waals surface area contributed by atoms with Crippen molar-refractivity contribution in [1.82, 2.24) is 10.2 Å². The van der Waals surface area contributed by atoms with Crippen LogP contribution in [0.5, 0.6) is 11.5 Å². The fourth-order valence-electron chi connectivity index (χ4n) is 2.35. The van der Waals surface area contributed by atoms with Crippen LogP contribution in [0.2, 0.25) is 0 Å². The second-order valence-corrected chi connectivity index (χ2v) is 5.25. The van der Waals surface area contributed by atoms with Gasteiger partial charge in [0, 0.05) is 11.3 Å². The summed E-state index contributed by atoms with van der Waals surface area (Å²) < 4.78 is 10.6. The molecule has 0 aliphatic rings. The minimum Gasteiger partial charge on any atom is -0.493 e. The number of aromatic amines is 1. The molecule has 0 saturated heterocycles. The first-order valence-corrected chi connectivity index (χ1v) is 7.15. The molecule has 2 rings (SSSR count). The third kappa shape index (κ3) is 3.12. The lowest BCUT2D eigenvalue weighted by atomic mass is 9.97. The van der Waals surface area contributed by atoms with E-state index in [0.29, 0.717) is 23.2 Å². The number of aromatic nitrogens is 2. The minimum absolute atomic E-state index is 0.514. The van der Waals surface area contributed by atoms with E-state index in [0.717, 1.165) is 29.7 Å². The zero-order valence-electron chi connectivity index (χ0n) is 13.1. The number of nitrogen functional groups attached to an aromatic ring is 1. The lowest BCUT2D eigenvalue weighted by Gasteiger charge is -2.12. The largest absolute Gasteiger partial charge is 0.493 e. The van der Waals surface area contributed by atoms with Crippen LogP contribution >= 0.6 is 0 Å². The van der Waals surface area contributed by atoms with Gasteiger partial charge in [0.2, 0.25) is 0 Å².